The Bertz CT molecular complexity index is 1100. The Labute approximate surface area is 157 Å². The predicted molar refractivity (Wildman–Crippen MR) is 104 cm³/mol. The van der Waals surface area contributed by atoms with E-state index < -0.39 is 0 Å². The summed E-state index contributed by atoms with van der Waals surface area (Å²) in [5.41, 5.74) is 11.1. The van der Waals surface area contributed by atoms with Crippen LogP contribution in [0.5, 0.6) is 11.5 Å². The maximum Gasteiger partial charge on any atom is 0.142 e. The standard InChI is InChI=1S/C21H18N4O2/c1-11-15(8-13-7-14(26-3)5-6-18(13)27-4)19-12(2)17(10-23)21(24)25-20(19)16(11)9-22/h5-8H,1-4H3,(H2,24,25)/b15-8+. The number of aromatic nitrogens is 1. The molecule has 0 unspecified atom stereocenters. The third-order valence-corrected chi connectivity index (χ3v) is 4.72. The second kappa shape index (κ2) is 6.86. The van der Waals surface area contributed by atoms with Crippen LogP contribution in [-0.4, -0.2) is 19.2 Å². The fourth-order valence-electron chi connectivity index (χ4n) is 3.30. The van der Waals surface area contributed by atoms with Gasteiger partial charge in [-0.2, -0.15) is 10.5 Å². The predicted octanol–water partition coefficient (Wildman–Crippen LogP) is 3.71. The first-order valence-electron chi connectivity index (χ1n) is 8.22. The molecule has 0 spiro atoms. The minimum Gasteiger partial charge on any atom is -0.497 e. The van der Waals surface area contributed by atoms with E-state index >= 15 is 0 Å². The van der Waals surface area contributed by atoms with Crippen LogP contribution in [0.25, 0.3) is 17.2 Å². The first-order valence-corrected chi connectivity index (χ1v) is 8.22. The van der Waals surface area contributed by atoms with E-state index in [1.165, 1.54) is 0 Å². The second-order valence-electron chi connectivity index (χ2n) is 6.11. The van der Waals surface area contributed by atoms with Gasteiger partial charge in [-0.25, -0.2) is 4.98 Å². The van der Waals surface area contributed by atoms with Crippen LogP contribution in [0, 0.1) is 29.6 Å². The van der Waals surface area contributed by atoms with Crippen LogP contribution in [-0.2, 0) is 0 Å². The highest BCUT2D eigenvalue weighted by Gasteiger charge is 2.29. The molecule has 6 heteroatoms. The van der Waals surface area contributed by atoms with Gasteiger partial charge in [-0.3, -0.25) is 0 Å². The molecular weight excluding hydrogens is 340 g/mol. The number of hydrogen-bond donors (Lipinski definition) is 1. The van der Waals surface area contributed by atoms with E-state index in [0.717, 1.165) is 22.3 Å². The summed E-state index contributed by atoms with van der Waals surface area (Å²) in [6.07, 6.45) is 1.92. The monoisotopic (exact) mass is 358 g/mol. The molecular formula is C21H18N4O2. The van der Waals surface area contributed by atoms with Crippen LogP contribution >= 0.6 is 0 Å². The molecule has 27 heavy (non-hydrogen) atoms. The lowest BCUT2D eigenvalue weighted by Gasteiger charge is -2.12. The summed E-state index contributed by atoms with van der Waals surface area (Å²) >= 11 is 0. The number of anilines is 1. The summed E-state index contributed by atoms with van der Waals surface area (Å²) in [5.74, 6) is 1.49. The lowest BCUT2D eigenvalue weighted by atomic mass is 9.95. The van der Waals surface area contributed by atoms with Crippen molar-refractivity contribution in [3.8, 4) is 23.6 Å². The first kappa shape index (κ1) is 18.0. The number of nitrogens with zero attached hydrogens (tertiary/aromatic N) is 3. The van der Waals surface area contributed by atoms with Crippen molar-refractivity contribution < 1.29 is 9.47 Å². The van der Waals surface area contributed by atoms with E-state index in [-0.39, 0.29) is 5.82 Å². The average molecular weight is 358 g/mol. The summed E-state index contributed by atoms with van der Waals surface area (Å²) in [7, 11) is 3.19. The Kier molecular flexibility index (Phi) is 4.58. The van der Waals surface area contributed by atoms with Crippen molar-refractivity contribution in [3.05, 3.63) is 51.7 Å². The van der Waals surface area contributed by atoms with Crippen molar-refractivity contribution in [2.24, 2.45) is 0 Å². The molecule has 1 aliphatic rings. The van der Waals surface area contributed by atoms with Gasteiger partial charge in [-0.05, 0) is 54.8 Å². The highest BCUT2D eigenvalue weighted by atomic mass is 16.5. The average Bonchev–Trinajstić information content (AvgIpc) is 2.92. The molecule has 0 saturated carbocycles. The molecule has 1 aliphatic carbocycles. The molecule has 0 amide bonds. The SMILES string of the molecule is COc1ccc(OC)c(/C=C2\C(C)=C(C#N)c3nc(N)c(C#N)c(C)c32)c1. The number of nitrogens with two attached hydrogens (primary N) is 1. The van der Waals surface area contributed by atoms with Gasteiger partial charge in [0.2, 0.25) is 0 Å². The minimum absolute atomic E-state index is 0.134. The number of fused-ring (bicyclic) bond motifs is 1. The zero-order valence-electron chi connectivity index (χ0n) is 15.5. The molecule has 2 N–H and O–H groups in total. The highest BCUT2D eigenvalue weighted by molar-refractivity contribution is 6.09. The third kappa shape index (κ3) is 2.78. The smallest absolute Gasteiger partial charge is 0.142 e. The van der Waals surface area contributed by atoms with Crippen LogP contribution in [0.3, 0.4) is 0 Å². The maximum absolute atomic E-state index is 9.63. The maximum atomic E-state index is 9.63. The second-order valence-corrected chi connectivity index (χ2v) is 6.11. The third-order valence-electron chi connectivity index (χ3n) is 4.72. The molecule has 6 nitrogen and oxygen atoms in total. The number of allylic oxidation sites excluding steroid dienone is 3. The Hall–Kier alpha value is -3.77. The van der Waals surface area contributed by atoms with Crippen molar-refractivity contribution in [2.45, 2.75) is 13.8 Å². The molecule has 0 aliphatic heterocycles. The topological polar surface area (TPSA) is 105 Å². The van der Waals surface area contributed by atoms with Crippen LogP contribution in [0.1, 0.15) is 34.9 Å². The molecule has 0 bridgehead atoms. The van der Waals surface area contributed by atoms with Crippen LogP contribution in [0.4, 0.5) is 5.82 Å². The number of methoxy groups -OCH3 is 2. The summed E-state index contributed by atoms with van der Waals surface area (Å²) in [6, 6.07) is 9.80. The Morgan fingerprint density at radius 1 is 1.11 bits per heavy atom. The number of nitrogen functional groups attached to an aromatic ring is 1. The summed E-state index contributed by atoms with van der Waals surface area (Å²) in [5, 5.41) is 19.1. The largest absolute Gasteiger partial charge is 0.497 e. The molecule has 2 aromatic rings. The number of ether oxygens (including phenoxy) is 2. The quantitative estimate of drug-likeness (QED) is 0.896. The zero-order valence-corrected chi connectivity index (χ0v) is 15.5. The Morgan fingerprint density at radius 3 is 2.44 bits per heavy atom. The van der Waals surface area contributed by atoms with E-state index in [2.05, 4.69) is 17.1 Å². The van der Waals surface area contributed by atoms with Gasteiger partial charge in [0.1, 0.15) is 29.5 Å². The molecule has 0 radical (unpaired) electrons. The van der Waals surface area contributed by atoms with Crippen molar-refractivity contribution in [2.75, 3.05) is 20.0 Å². The van der Waals surface area contributed by atoms with Crippen LogP contribution in [0.2, 0.25) is 0 Å². The number of rotatable bonds is 3. The van der Waals surface area contributed by atoms with Gasteiger partial charge < -0.3 is 15.2 Å². The van der Waals surface area contributed by atoms with Crippen molar-refractivity contribution in [3.63, 3.8) is 0 Å². The van der Waals surface area contributed by atoms with E-state index in [0.29, 0.717) is 33.9 Å². The van der Waals surface area contributed by atoms with Crippen molar-refractivity contribution in [1.82, 2.24) is 4.98 Å². The highest BCUT2D eigenvalue weighted by Crippen LogP contribution is 2.44. The number of nitriles is 2. The van der Waals surface area contributed by atoms with Gasteiger partial charge in [-0.1, -0.05) is 0 Å². The number of benzene rings is 1. The van der Waals surface area contributed by atoms with Gasteiger partial charge in [0.15, 0.2) is 0 Å². The molecule has 0 saturated heterocycles. The van der Waals surface area contributed by atoms with Gasteiger partial charge in [0, 0.05) is 11.1 Å². The van der Waals surface area contributed by atoms with E-state index in [9.17, 15) is 10.5 Å². The van der Waals surface area contributed by atoms with Crippen molar-refractivity contribution >= 4 is 23.0 Å². The summed E-state index contributed by atoms with van der Waals surface area (Å²) in [4.78, 5) is 4.33. The minimum atomic E-state index is 0.134. The summed E-state index contributed by atoms with van der Waals surface area (Å²) < 4.78 is 10.8. The molecule has 1 heterocycles. The molecule has 1 aromatic heterocycles. The van der Waals surface area contributed by atoms with Gasteiger partial charge >= 0.3 is 0 Å². The first-order chi connectivity index (χ1) is 13.0. The Balaban J connectivity index is 2.34. The number of hydrogen-bond acceptors (Lipinski definition) is 6. The lowest BCUT2D eigenvalue weighted by Crippen LogP contribution is -2.03. The van der Waals surface area contributed by atoms with E-state index in [1.807, 2.05) is 38.1 Å². The number of pyridine rings is 1. The Morgan fingerprint density at radius 2 is 1.85 bits per heavy atom. The van der Waals surface area contributed by atoms with E-state index in [4.69, 9.17) is 15.2 Å². The van der Waals surface area contributed by atoms with E-state index in [1.54, 1.807) is 14.2 Å². The van der Waals surface area contributed by atoms with Gasteiger partial charge in [0.05, 0.1) is 31.1 Å². The molecule has 3 rings (SSSR count). The molecule has 134 valence electrons. The van der Waals surface area contributed by atoms with Crippen LogP contribution < -0.4 is 15.2 Å². The molecule has 0 atom stereocenters. The van der Waals surface area contributed by atoms with Crippen molar-refractivity contribution in [1.29, 1.82) is 10.5 Å². The van der Waals surface area contributed by atoms with Gasteiger partial charge in [-0.15, -0.1) is 0 Å². The van der Waals surface area contributed by atoms with Crippen LogP contribution in [0.15, 0.2) is 23.8 Å². The fraction of sp³-hybridized carbons (Fsp3) is 0.190. The molecule has 0 fully saturated rings. The summed E-state index contributed by atoms with van der Waals surface area (Å²) in [6.45, 7) is 3.68. The fourth-order valence-corrected chi connectivity index (χ4v) is 3.30. The van der Waals surface area contributed by atoms with Gasteiger partial charge in [0.25, 0.3) is 0 Å². The lowest BCUT2D eigenvalue weighted by molar-refractivity contribution is 0.402. The zero-order chi connectivity index (χ0) is 19.7. The normalized spacial score (nSPS) is 13.9. The molecule has 1 aromatic carbocycles.